The molecule has 2 rings (SSSR count). The largest absolute Gasteiger partial charge is 0.496 e. The predicted octanol–water partition coefficient (Wildman–Crippen LogP) is 3.48. The van der Waals surface area contributed by atoms with Crippen LogP contribution in [-0.2, 0) is 9.59 Å². The summed E-state index contributed by atoms with van der Waals surface area (Å²) in [6.45, 7) is 1.93. The third-order valence-electron chi connectivity index (χ3n) is 3.57. The van der Waals surface area contributed by atoms with E-state index in [9.17, 15) is 9.59 Å². The van der Waals surface area contributed by atoms with E-state index >= 15 is 0 Å². The van der Waals surface area contributed by atoms with E-state index in [1.54, 1.807) is 13.2 Å². The Hall–Kier alpha value is -2.42. The minimum atomic E-state index is -0.328. The van der Waals surface area contributed by atoms with Crippen LogP contribution in [0.25, 0.3) is 0 Å². The highest BCUT2D eigenvalue weighted by atomic mass is 127. The van der Waals surface area contributed by atoms with Gasteiger partial charge in [-0.15, -0.1) is 0 Å². The van der Waals surface area contributed by atoms with Gasteiger partial charge in [-0.25, -0.2) is 5.43 Å². The molecular weight excluding hydrogens is 445 g/mol. The topological polar surface area (TPSA) is 79.8 Å². The Balaban J connectivity index is 1.79. The Kier molecular flexibility index (Phi) is 7.58. The van der Waals surface area contributed by atoms with Crippen molar-refractivity contribution in [1.29, 1.82) is 0 Å². The quantitative estimate of drug-likeness (QED) is 0.374. The number of aryl methyl sites for hydroxylation is 1. The van der Waals surface area contributed by atoms with E-state index in [0.717, 1.165) is 20.4 Å². The molecule has 0 saturated heterocycles. The van der Waals surface area contributed by atoms with Crippen LogP contribution in [0.2, 0.25) is 0 Å². The average molecular weight is 465 g/mol. The number of anilines is 1. The number of halogens is 1. The molecule has 2 N–H and O–H groups in total. The summed E-state index contributed by atoms with van der Waals surface area (Å²) in [5.74, 6) is 0.126. The Bertz CT molecular complexity index is 821. The van der Waals surface area contributed by atoms with Gasteiger partial charge in [0.15, 0.2) is 0 Å². The number of rotatable bonds is 7. The summed E-state index contributed by atoms with van der Waals surface area (Å²) in [6, 6.07) is 13.1. The van der Waals surface area contributed by atoms with Crippen LogP contribution in [0.3, 0.4) is 0 Å². The first-order valence-corrected chi connectivity index (χ1v) is 9.08. The van der Waals surface area contributed by atoms with Gasteiger partial charge in [0.05, 0.1) is 13.3 Å². The second-order valence-electron chi connectivity index (χ2n) is 5.54. The Morgan fingerprint density at radius 3 is 2.62 bits per heavy atom. The van der Waals surface area contributed by atoms with Crippen molar-refractivity contribution in [2.24, 2.45) is 5.10 Å². The lowest BCUT2D eigenvalue weighted by atomic mass is 10.2. The zero-order valence-electron chi connectivity index (χ0n) is 14.6. The molecule has 0 spiro atoms. The van der Waals surface area contributed by atoms with Crippen LogP contribution >= 0.6 is 22.6 Å². The van der Waals surface area contributed by atoms with Crippen molar-refractivity contribution in [3.63, 3.8) is 0 Å². The standard InChI is InChI=1S/C19H20IN3O3/c1-13-11-15(20)7-8-16(13)22-18(24)9-10-19(25)23-21-12-14-5-3-4-6-17(14)26-2/h3-8,11-12H,9-10H2,1-2H3,(H,22,24)(H,23,25)/b21-12+. The minimum absolute atomic E-state index is 0.0541. The number of hydrazone groups is 1. The third-order valence-corrected chi connectivity index (χ3v) is 4.24. The first-order chi connectivity index (χ1) is 12.5. The summed E-state index contributed by atoms with van der Waals surface area (Å²) >= 11 is 2.22. The van der Waals surface area contributed by atoms with Crippen molar-refractivity contribution in [3.05, 3.63) is 57.2 Å². The zero-order valence-corrected chi connectivity index (χ0v) is 16.7. The van der Waals surface area contributed by atoms with Crippen LogP contribution in [0.15, 0.2) is 47.6 Å². The van der Waals surface area contributed by atoms with Crippen LogP contribution in [0, 0.1) is 10.5 Å². The SMILES string of the molecule is COc1ccccc1/C=N/NC(=O)CCC(=O)Nc1ccc(I)cc1C. The highest BCUT2D eigenvalue weighted by molar-refractivity contribution is 14.1. The van der Waals surface area contributed by atoms with Gasteiger partial charge in [0, 0.05) is 27.7 Å². The number of hydrogen-bond donors (Lipinski definition) is 2. The number of benzene rings is 2. The lowest BCUT2D eigenvalue weighted by Crippen LogP contribution is -2.21. The molecule has 0 aliphatic heterocycles. The van der Waals surface area contributed by atoms with E-state index < -0.39 is 0 Å². The number of carbonyl (C=O) groups excluding carboxylic acids is 2. The minimum Gasteiger partial charge on any atom is -0.496 e. The second kappa shape index (κ2) is 9.91. The summed E-state index contributed by atoms with van der Waals surface area (Å²) in [6.07, 6.45) is 1.64. The van der Waals surface area contributed by atoms with Crippen LogP contribution in [0.1, 0.15) is 24.0 Å². The maximum absolute atomic E-state index is 12.0. The summed E-state index contributed by atoms with van der Waals surface area (Å²) in [5.41, 5.74) is 4.90. The third kappa shape index (κ3) is 6.14. The van der Waals surface area contributed by atoms with Crippen molar-refractivity contribution >= 4 is 46.3 Å². The lowest BCUT2D eigenvalue weighted by molar-refractivity contribution is -0.124. The van der Waals surface area contributed by atoms with E-state index in [1.165, 1.54) is 6.21 Å². The number of nitrogens with zero attached hydrogens (tertiary/aromatic N) is 1. The molecule has 0 aliphatic carbocycles. The molecule has 0 aliphatic rings. The first-order valence-electron chi connectivity index (χ1n) is 8.00. The lowest BCUT2D eigenvalue weighted by Gasteiger charge is -2.08. The van der Waals surface area contributed by atoms with Gasteiger partial charge in [-0.3, -0.25) is 9.59 Å². The predicted molar refractivity (Wildman–Crippen MR) is 110 cm³/mol. The molecule has 2 aromatic rings. The number of methoxy groups -OCH3 is 1. The molecule has 7 heteroatoms. The molecular formula is C19H20IN3O3. The summed E-state index contributed by atoms with van der Waals surface area (Å²) in [5, 5.41) is 6.71. The van der Waals surface area contributed by atoms with Gasteiger partial charge in [0.1, 0.15) is 5.75 Å². The molecule has 2 aromatic carbocycles. The highest BCUT2D eigenvalue weighted by Crippen LogP contribution is 2.18. The Morgan fingerprint density at radius 2 is 1.88 bits per heavy atom. The van der Waals surface area contributed by atoms with E-state index in [2.05, 4.69) is 38.4 Å². The van der Waals surface area contributed by atoms with E-state index in [0.29, 0.717) is 5.75 Å². The van der Waals surface area contributed by atoms with Crippen LogP contribution in [0.5, 0.6) is 5.75 Å². The fourth-order valence-corrected chi connectivity index (χ4v) is 2.86. The van der Waals surface area contributed by atoms with Gasteiger partial charge >= 0.3 is 0 Å². The van der Waals surface area contributed by atoms with Crippen LogP contribution < -0.4 is 15.5 Å². The molecule has 136 valence electrons. The van der Waals surface area contributed by atoms with Crippen molar-refractivity contribution in [1.82, 2.24) is 5.43 Å². The molecule has 0 aromatic heterocycles. The van der Waals surface area contributed by atoms with Gasteiger partial charge in [0.25, 0.3) is 0 Å². The first kappa shape index (κ1) is 19.9. The smallest absolute Gasteiger partial charge is 0.240 e. The zero-order chi connectivity index (χ0) is 18.9. The average Bonchev–Trinajstić information content (AvgIpc) is 2.63. The summed E-state index contributed by atoms with van der Waals surface area (Å²) in [7, 11) is 1.57. The summed E-state index contributed by atoms with van der Waals surface area (Å²) < 4.78 is 6.30. The van der Waals surface area contributed by atoms with Crippen molar-refractivity contribution < 1.29 is 14.3 Å². The Morgan fingerprint density at radius 1 is 1.15 bits per heavy atom. The number of hydrogen-bond acceptors (Lipinski definition) is 4. The van der Waals surface area contributed by atoms with Crippen LogP contribution in [0.4, 0.5) is 5.69 Å². The van der Waals surface area contributed by atoms with Crippen molar-refractivity contribution in [2.75, 3.05) is 12.4 Å². The number of nitrogens with one attached hydrogen (secondary N) is 2. The maximum atomic E-state index is 12.0. The molecule has 0 saturated carbocycles. The molecule has 0 bridgehead atoms. The molecule has 0 radical (unpaired) electrons. The second-order valence-corrected chi connectivity index (χ2v) is 6.79. The van der Waals surface area contributed by atoms with Gasteiger partial charge in [-0.2, -0.15) is 5.10 Å². The van der Waals surface area contributed by atoms with Gasteiger partial charge in [-0.1, -0.05) is 12.1 Å². The fraction of sp³-hybridized carbons (Fsp3) is 0.211. The highest BCUT2D eigenvalue weighted by Gasteiger charge is 2.08. The summed E-state index contributed by atoms with van der Waals surface area (Å²) in [4.78, 5) is 23.8. The molecule has 0 fully saturated rings. The van der Waals surface area contributed by atoms with E-state index in [4.69, 9.17) is 4.74 Å². The molecule has 0 atom stereocenters. The van der Waals surface area contributed by atoms with Crippen molar-refractivity contribution in [2.45, 2.75) is 19.8 Å². The number of ether oxygens (including phenoxy) is 1. The van der Waals surface area contributed by atoms with Crippen LogP contribution in [-0.4, -0.2) is 25.1 Å². The van der Waals surface area contributed by atoms with Gasteiger partial charge < -0.3 is 10.1 Å². The normalized spacial score (nSPS) is 10.6. The van der Waals surface area contributed by atoms with Gasteiger partial charge in [-0.05, 0) is 65.4 Å². The molecule has 26 heavy (non-hydrogen) atoms. The van der Waals surface area contributed by atoms with E-state index in [1.807, 2.05) is 43.3 Å². The Labute approximate surface area is 166 Å². The monoisotopic (exact) mass is 465 g/mol. The molecule has 0 unspecified atom stereocenters. The van der Waals surface area contributed by atoms with Gasteiger partial charge in [0.2, 0.25) is 11.8 Å². The van der Waals surface area contributed by atoms with Crippen molar-refractivity contribution in [3.8, 4) is 5.75 Å². The maximum Gasteiger partial charge on any atom is 0.240 e. The van der Waals surface area contributed by atoms with E-state index in [-0.39, 0.29) is 24.7 Å². The number of carbonyl (C=O) groups is 2. The molecule has 2 amide bonds. The molecule has 6 nitrogen and oxygen atoms in total. The fourth-order valence-electron chi connectivity index (χ4n) is 2.21. The number of para-hydroxylation sites is 1. The molecule has 0 heterocycles. The number of amides is 2.